The highest BCUT2D eigenvalue weighted by Gasteiger charge is 2.25. The van der Waals surface area contributed by atoms with Crippen molar-refractivity contribution in [3.63, 3.8) is 0 Å². The van der Waals surface area contributed by atoms with E-state index in [1.54, 1.807) is 17.0 Å². The van der Waals surface area contributed by atoms with Gasteiger partial charge in [0.2, 0.25) is 0 Å². The van der Waals surface area contributed by atoms with E-state index in [0.717, 1.165) is 12.0 Å². The molecule has 2 N–H and O–H groups in total. The normalized spacial score (nSPS) is 20.2. The maximum atomic E-state index is 12.8. The summed E-state index contributed by atoms with van der Waals surface area (Å²) in [7, 11) is 0. The van der Waals surface area contributed by atoms with Crippen LogP contribution < -0.4 is 5.32 Å². The minimum Gasteiger partial charge on any atom is -0.395 e. The van der Waals surface area contributed by atoms with Gasteiger partial charge in [-0.05, 0) is 24.1 Å². The zero-order chi connectivity index (χ0) is 12.3. The molecule has 0 aromatic heterocycles. The first-order valence-electron chi connectivity index (χ1n) is 5.62. The first-order valence-corrected chi connectivity index (χ1v) is 5.62. The maximum Gasteiger partial charge on any atom is 0.317 e. The summed E-state index contributed by atoms with van der Waals surface area (Å²) in [5.74, 6) is -0.280. The summed E-state index contributed by atoms with van der Waals surface area (Å²) in [6, 6.07) is 5.89. The van der Waals surface area contributed by atoms with Gasteiger partial charge in [-0.2, -0.15) is 0 Å². The molecular weight excluding hydrogens is 223 g/mol. The van der Waals surface area contributed by atoms with Gasteiger partial charge in [0.1, 0.15) is 5.82 Å². The lowest BCUT2D eigenvalue weighted by molar-refractivity contribution is 0.156. The van der Waals surface area contributed by atoms with Crippen LogP contribution >= 0.6 is 0 Å². The van der Waals surface area contributed by atoms with Crippen LogP contribution in [0.1, 0.15) is 18.0 Å². The Hall–Kier alpha value is -1.62. The molecule has 1 aromatic rings. The van der Waals surface area contributed by atoms with Gasteiger partial charge in [-0.1, -0.05) is 12.1 Å². The van der Waals surface area contributed by atoms with Crippen LogP contribution in [0.25, 0.3) is 0 Å². The average molecular weight is 238 g/mol. The quantitative estimate of drug-likeness (QED) is 0.833. The number of urea groups is 1. The highest BCUT2D eigenvalue weighted by atomic mass is 19.1. The van der Waals surface area contributed by atoms with Crippen LogP contribution in [0.3, 0.4) is 0 Å². The van der Waals surface area contributed by atoms with Gasteiger partial charge in [0.15, 0.2) is 0 Å². The molecule has 4 nitrogen and oxygen atoms in total. The van der Waals surface area contributed by atoms with E-state index in [1.807, 2.05) is 0 Å². The van der Waals surface area contributed by atoms with Gasteiger partial charge >= 0.3 is 6.03 Å². The molecule has 0 saturated carbocycles. The smallest absolute Gasteiger partial charge is 0.317 e. The summed E-state index contributed by atoms with van der Waals surface area (Å²) in [5, 5.41) is 11.6. The highest BCUT2D eigenvalue weighted by Crippen LogP contribution is 2.21. The number of carbonyl (C=O) groups excluding carboxylic acids is 1. The molecule has 1 heterocycles. The zero-order valence-corrected chi connectivity index (χ0v) is 9.40. The lowest BCUT2D eigenvalue weighted by Crippen LogP contribution is -2.48. The number of hydrogen-bond acceptors (Lipinski definition) is 2. The summed E-state index contributed by atoms with van der Waals surface area (Å²) in [5.41, 5.74) is 0.906. The average Bonchev–Trinajstić information content (AvgIpc) is 2.33. The Morgan fingerprint density at radius 2 is 2.12 bits per heavy atom. The molecule has 1 fully saturated rings. The number of nitrogens with one attached hydrogen (secondary N) is 1. The first-order chi connectivity index (χ1) is 8.20. The Bertz CT molecular complexity index is 394. The van der Waals surface area contributed by atoms with E-state index >= 15 is 0 Å². The SMILES string of the molecule is O=C1NC(c2ccc(F)cc2)CCN1CCO. The molecule has 17 heavy (non-hydrogen) atoms. The Morgan fingerprint density at radius 3 is 2.71 bits per heavy atom. The molecule has 0 spiro atoms. The Labute approximate surface area is 99.0 Å². The monoisotopic (exact) mass is 238 g/mol. The van der Waals surface area contributed by atoms with Crippen LogP contribution in [-0.2, 0) is 0 Å². The zero-order valence-electron chi connectivity index (χ0n) is 9.40. The second-order valence-corrected chi connectivity index (χ2v) is 4.05. The molecule has 0 bridgehead atoms. The molecule has 1 unspecified atom stereocenters. The molecule has 0 radical (unpaired) electrons. The number of hydrogen-bond donors (Lipinski definition) is 2. The molecule has 1 aliphatic heterocycles. The Morgan fingerprint density at radius 1 is 1.41 bits per heavy atom. The van der Waals surface area contributed by atoms with Crippen molar-refractivity contribution in [1.29, 1.82) is 0 Å². The van der Waals surface area contributed by atoms with Crippen LogP contribution in [0.4, 0.5) is 9.18 Å². The predicted molar refractivity (Wildman–Crippen MR) is 60.9 cm³/mol. The molecule has 1 aromatic carbocycles. The van der Waals surface area contributed by atoms with Crippen molar-refractivity contribution in [3.8, 4) is 0 Å². The number of halogens is 1. The largest absolute Gasteiger partial charge is 0.395 e. The fourth-order valence-electron chi connectivity index (χ4n) is 1.98. The van der Waals surface area contributed by atoms with Crippen LogP contribution in [0.2, 0.25) is 0 Å². The number of carbonyl (C=O) groups is 1. The van der Waals surface area contributed by atoms with E-state index in [9.17, 15) is 9.18 Å². The van der Waals surface area contributed by atoms with E-state index in [2.05, 4.69) is 5.32 Å². The number of rotatable bonds is 3. The molecule has 2 amide bonds. The third-order valence-corrected chi connectivity index (χ3v) is 2.91. The molecular formula is C12H15FN2O2. The van der Waals surface area contributed by atoms with Crippen molar-refractivity contribution in [1.82, 2.24) is 10.2 Å². The van der Waals surface area contributed by atoms with Gasteiger partial charge < -0.3 is 15.3 Å². The number of amides is 2. The molecule has 1 saturated heterocycles. The summed E-state index contributed by atoms with van der Waals surface area (Å²) in [6.45, 7) is 0.922. The standard InChI is InChI=1S/C12H15FN2O2/c13-10-3-1-9(2-4-10)11-5-6-15(7-8-16)12(17)14-11/h1-4,11,16H,5-8H2,(H,14,17). The number of benzene rings is 1. The van der Waals surface area contributed by atoms with Gasteiger partial charge in [-0.15, -0.1) is 0 Å². The lowest BCUT2D eigenvalue weighted by atomic mass is 10.0. The van der Waals surface area contributed by atoms with E-state index in [-0.39, 0.29) is 24.5 Å². The van der Waals surface area contributed by atoms with Crippen molar-refractivity contribution in [2.75, 3.05) is 19.7 Å². The minimum absolute atomic E-state index is 0.0331. The fourth-order valence-corrected chi connectivity index (χ4v) is 1.98. The molecule has 92 valence electrons. The minimum atomic E-state index is -0.280. The van der Waals surface area contributed by atoms with Gasteiger partial charge in [-0.25, -0.2) is 9.18 Å². The summed E-state index contributed by atoms with van der Waals surface area (Å²) in [4.78, 5) is 13.2. The van der Waals surface area contributed by atoms with Crippen molar-refractivity contribution in [3.05, 3.63) is 35.6 Å². The summed E-state index contributed by atoms with van der Waals surface area (Å²) >= 11 is 0. The van der Waals surface area contributed by atoms with Crippen LogP contribution in [0.5, 0.6) is 0 Å². The Balaban J connectivity index is 2.01. The number of aliphatic hydroxyl groups excluding tert-OH is 1. The maximum absolute atomic E-state index is 12.8. The number of β-amino-alcohol motifs (C(OH)–C–C–N with tert-alkyl or cyclic N) is 1. The third-order valence-electron chi connectivity index (χ3n) is 2.91. The number of nitrogens with zero attached hydrogens (tertiary/aromatic N) is 1. The lowest BCUT2D eigenvalue weighted by Gasteiger charge is -2.32. The summed E-state index contributed by atoms with van der Waals surface area (Å²) < 4.78 is 12.8. The van der Waals surface area contributed by atoms with Crippen molar-refractivity contribution in [2.45, 2.75) is 12.5 Å². The second kappa shape index (κ2) is 5.14. The van der Waals surface area contributed by atoms with Gasteiger partial charge in [0.25, 0.3) is 0 Å². The molecule has 2 rings (SSSR count). The van der Waals surface area contributed by atoms with Gasteiger partial charge in [0.05, 0.1) is 12.6 Å². The van der Waals surface area contributed by atoms with Crippen LogP contribution in [0, 0.1) is 5.82 Å². The predicted octanol–water partition coefficient (Wildman–Crippen LogP) is 1.27. The van der Waals surface area contributed by atoms with Crippen LogP contribution in [0.15, 0.2) is 24.3 Å². The topological polar surface area (TPSA) is 52.6 Å². The molecule has 0 aliphatic carbocycles. The first kappa shape index (κ1) is 11.9. The van der Waals surface area contributed by atoms with E-state index in [4.69, 9.17) is 5.11 Å². The van der Waals surface area contributed by atoms with Gasteiger partial charge in [-0.3, -0.25) is 0 Å². The Kier molecular flexibility index (Phi) is 3.58. The van der Waals surface area contributed by atoms with Crippen LogP contribution in [-0.4, -0.2) is 35.7 Å². The second-order valence-electron chi connectivity index (χ2n) is 4.05. The molecule has 1 aliphatic rings. The van der Waals surface area contributed by atoms with Crippen molar-refractivity contribution in [2.24, 2.45) is 0 Å². The summed E-state index contributed by atoms with van der Waals surface area (Å²) in [6.07, 6.45) is 0.761. The van der Waals surface area contributed by atoms with E-state index < -0.39 is 0 Å². The molecule has 1 atom stereocenters. The van der Waals surface area contributed by atoms with Crippen molar-refractivity contribution < 1.29 is 14.3 Å². The molecule has 5 heteroatoms. The fraction of sp³-hybridized carbons (Fsp3) is 0.417. The van der Waals surface area contributed by atoms with E-state index in [0.29, 0.717) is 13.1 Å². The van der Waals surface area contributed by atoms with Gasteiger partial charge in [0, 0.05) is 13.1 Å². The highest BCUT2D eigenvalue weighted by molar-refractivity contribution is 5.75. The third kappa shape index (κ3) is 2.74. The number of aliphatic hydroxyl groups is 1. The van der Waals surface area contributed by atoms with E-state index in [1.165, 1.54) is 12.1 Å². The van der Waals surface area contributed by atoms with Crippen molar-refractivity contribution >= 4 is 6.03 Å².